The predicted molar refractivity (Wildman–Crippen MR) is 89.4 cm³/mol. The summed E-state index contributed by atoms with van der Waals surface area (Å²) in [4.78, 5) is 27.6. The van der Waals surface area contributed by atoms with Crippen LogP contribution in [0.5, 0.6) is 0 Å². The summed E-state index contributed by atoms with van der Waals surface area (Å²) in [6.07, 6.45) is 0. The summed E-state index contributed by atoms with van der Waals surface area (Å²) in [5, 5.41) is 6.23. The van der Waals surface area contributed by atoms with Gasteiger partial charge in [0, 0.05) is 22.0 Å². The minimum atomic E-state index is -0.960. The van der Waals surface area contributed by atoms with Crippen LogP contribution in [-0.4, -0.2) is 15.5 Å². The SMILES string of the molecule is Cc1csc(=O)n1CC(=O)Nc1nc(-c2ccc(F)c(F)c2)cs1. The van der Waals surface area contributed by atoms with Gasteiger partial charge in [0.05, 0.1) is 5.69 Å². The Bertz CT molecular complexity index is 962. The van der Waals surface area contributed by atoms with Crippen molar-refractivity contribution in [1.82, 2.24) is 9.55 Å². The average Bonchev–Trinajstić information content (AvgIpc) is 3.12. The fourth-order valence-corrected chi connectivity index (χ4v) is 3.49. The zero-order valence-corrected chi connectivity index (χ0v) is 14.0. The summed E-state index contributed by atoms with van der Waals surface area (Å²) in [6, 6.07) is 3.48. The third-order valence-corrected chi connectivity index (χ3v) is 4.88. The van der Waals surface area contributed by atoms with Gasteiger partial charge in [0.2, 0.25) is 5.91 Å². The van der Waals surface area contributed by atoms with Gasteiger partial charge in [0.15, 0.2) is 16.8 Å². The van der Waals surface area contributed by atoms with Crippen molar-refractivity contribution in [2.75, 3.05) is 5.32 Å². The molecule has 5 nitrogen and oxygen atoms in total. The van der Waals surface area contributed by atoms with Crippen molar-refractivity contribution in [3.05, 3.63) is 56.0 Å². The molecule has 0 aliphatic rings. The number of anilines is 1. The normalized spacial score (nSPS) is 10.8. The summed E-state index contributed by atoms with van der Waals surface area (Å²) in [6.45, 7) is 1.64. The van der Waals surface area contributed by atoms with Crippen LogP contribution in [0.2, 0.25) is 0 Å². The number of hydrogen-bond acceptors (Lipinski definition) is 5. The first-order valence-corrected chi connectivity index (χ1v) is 8.55. The molecule has 1 amide bonds. The number of aryl methyl sites for hydroxylation is 1. The molecule has 0 fully saturated rings. The van der Waals surface area contributed by atoms with Crippen LogP contribution >= 0.6 is 22.7 Å². The third kappa shape index (κ3) is 3.41. The van der Waals surface area contributed by atoms with Gasteiger partial charge in [-0.05, 0) is 25.1 Å². The van der Waals surface area contributed by atoms with E-state index in [0.717, 1.165) is 34.8 Å². The van der Waals surface area contributed by atoms with E-state index in [9.17, 15) is 18.4 Å². The number of carbonyl (C=O) groups excluding carboxylic acids is 1. The maximum Gasteiger partial charge on any atom is 0.307 e. The number of carbonyl (C=O) groups is 1. The minimum Gasteiger partial charge on any atom is -0.300 e. The number of thiazole rings is 2. The molecule has 0 saturated carbocycles. The van der Waals surface area contributed by atoms with E-state index in [0.29, 0.717) is 22.1 Å². The van der Waals surface area contributed by atoms with E-state index in [4.69, 9.17) is 0 Å². The molecule has 3 aromatic rings. The van der Waals surface area contributed by atoms with Crippen molar-refractivity contribution in [1.29, 1.82) is 0 Å². The molecule has 9 heteroatoms. The lowest BCUT2D eigenvalue weighted by Crippen LogP contribution is -2.25. The zero-order chi connectivity index (χ0) is 17.3. The Morgan fingerprint density at radius 1 is 1.25 bits per heavy atom. The Morgan fingerprint density at radius 2 is 2.04 bits per heavy atom. The lowest BCUT2D eigenvalue weighted by atomic mass is 10.2. The number of rotatable bonds is 4. The Hall–Kier alpha value is -2.39. The zero-order valence-electron chi connectivity index (χ0n) is 12.4. The van der Waals surface area contributed by atoms with Gasteiger partial charge in [-0.15, -0.1) is 11.3 Å². The molecule has 1 N–H and O–H groups in total. The van der Waals surface area contributed by atoms with Crippen LogP contribution in [0.1, 0.15) is 5.69 Å². The molecule has 0 aliphatic heterocycles. The summed E-state index contributed by atoms with van der Waals surface area (Å²) in [5.74, 6) is -2.28. The number of nitrogens with zero attached hydrogens (tertiary/aromatic N) is 2. The lowest BCUT2D eigenvalue weighted by molar-refractivity contribution is -0.116. The number of benzene rings is 1. The molecule has 124 valence electrons. The number of aromatic nitrogens is 2. The highest BCUT2D eigenvalue weighted by Gasteiger charge is 2.12. The predicted octanol–water partition coefficient (Wildman–Crippen LogP) is 3.26. The molecule has 24 heavy (non-hydrogen) atoms. The molecular weight excluding hydrogens is 356 g/mol. The van der Waals surface area contributed by atoms with Gasteiger partial charge in [0.1, 0.15) is 6.54 Å². The van der Waals surface area contributed by atoms with E-state index in [2.05, 4.69) is 10.3 Å². The standard InChI is InChI=1S/C15H11F2N3O2S2/c1-8-6-24-15(22)20(8)5-13(21)19-14-18-12(7-23-14)9-2-3-10(16)11(17)4-9/h2-4,6-7H,5H2,1H3,(H,18,19,21). The molecule has 2 aromatic heterocycles. The van der Waals surface area contributed by atoms with Crippen LogP contribution in [0, 0.1) is 18.6 Å². The number of hydrogen-bond donors (Lipinski definition) is 1. The molecule has 0 saturated heterocycles. The van der Waals surface area contributed by atoms with E-state index in [1.165, 1.54) is 10.6 Å². The first-order chi connectivity index (χ1) is 11.4. The van der Waals surface area contributed by atoms with Gasteiger partial charge < -0.3 is 5.32 Å². The third-order valence-electron chi connectivity index (χ3n) is 3.24. The van der Waals surface area contributed by atoms with Crippen LogP contribution in [-0.2, 0) is 11.3 Å². The van der Waals surface area contributed by atoms with Crippen LogP contribution < -0.4 is 10.2 Å². The van der Waals surface area contributed by atoms with Gasteiger partial charge in [-0.25, -0.2) is 13.8 Å². The van der Waals surface area contributed by atoms with Crippen LogP contribution in [0.4, 0.5) is 13.9 Å². The number of halogens is 2. The first-order valence-electron chi connectivity index (χ1n) is 6.80. The van der Waals surface area contributed by atoms with Crippen molar-refractivity contribution >= 4 is 33.7 Å². The van der Waals surface area contributed by atoms with E-state index in [1.807, 2.05) is 0 Å². The van der Waals surface area contributed by atoms with Crippen molar-refractivity contribution in [2.45, 2.75) is 13.5 Å². The highest BCUT2D eigenvalue weighted by molar-refractivity contribution is 7.14. The quantitative estimate of drug-likeness (QED) is 0.770. The lowest BCUT2D eigenvalue weighted by Gasteiger charge is -2.04. The van der Waals surface area contributed by atoms with Crippen LogP contribution in [0.3, 0.4) is 0 Å². The average molecular weight is 367 g/mol. The van der Waals surface area contributed by atoms with Crippen LogP contribution in [0.15, 0.2) is 33.8 Å². The molecule has 0 radical (unpaired) electrons. The summed E-state index contributed by atoms with van der Waals surface area (Å²) >= 11 is 2.19. The highest BCUT2D eigenvalue weighted by Crippen LogP contribution is 2.26. The van der Waals surface area contributed by atoms with Gasteiger partial charge in [-0.2, -0.15) is 0 Å². The Morgan fingerprint density at radius 3 is 2.71 bits per heavy atom. The van der Waals surface area contributed by atoms with Crippen molar-refractivity contribution in [2.24, 2.45) is 0 Å². The molecule has 0 atom stereocenters. The largest absolute Gasteiger partial charge is 0.307 e. The monoisotopic (exact) mass is 367 g/mol. The highest BCUT2D eigenvalue weighted by atomic mass is 32.1. The summed E-state index contributed by atoms with van der Waals surface area (Å²) in [5.41, 5.74) is 1.55. The smallest absolute Gasteiger partial charge is 0.300 e. The minimum absolute atomic E-state index is 0.103. The van der Waals surface area contributed by atoms with E-state index in [-0.39, 0.29) is 17.3 Å². The maximum absolute atomic E-state index is 13.3. The molecule has 0 aliphatic carbocycles. The second kappa shape index (κ2) is 6.62. The van der Waals surface area contributed by atoms with Crippen LogP contribution in [0.25, 0.3) is 11.3 Å². The van der Waals surface area contributed by atoms with Crippen molar-refractivity contribution in [3.8, 4) is 11.3 Å². The maximum atomic E-state index is 13.3. The molecule has 3 rings (SSSR count). The Kier molecular flexibility index (Phi) is 4.54. The topological polar surface area (TPSA) is 64.0 Å². The first kappa shape index (κ1) is 16.5. The number of nitrogens with one attached hydrogen (secondary N) is 1. The van der Waals surface area contributed by atoms with Gasteiger partial charge in [-0.1, -0.05) is 11.3 Å². The van der Waals surface area contributed by atoms with Gasteiger partial charge in [-0.3, -0.25) is 14.2 Å². The molecule has 1 aromatic carbocycles. The van der Waals surface area contributed by atoms with E-state index < -0.39 is 11.6 Å². The molecule has 0 spiro atoms. The molecule has 0 bridgehead atoms. The summed E-state index contributed by atoms with van der Waals surface area (Å²) < 4.78 is 27.6. The summed E-state index contributed by atoms with van der Waals surface area (Å²) in [7, 11) is 0. The van der Waals surface area contributed by atoms with Crippen molar-refractivity contribution in [3.63, 3.8) is 0 Å². The van der Waals surface area contributed by atoms with Gasteiger partial charge >= 0.3 is 4.87 Å². The second-order valence-electron chi connectivity index (χ2n) is 4.94. The Labute approximate surface area is 143 Å². The van der Waals surface area contributed by atoms with E-state index in [1.54, 1.807) is 17.7 Å². The Balaban J connectivity index is 1.73. The van der Waals surface area contributed by atoms with E-state index >= 15 is 0 Å². The molecule has 0 unspecified atom stereocenters. The van der Waals surface area contributed by atoms with Crippen molar-refractivity contribution < 1.29 is 13.6 Å². The second-order valence-corrected chi connectivity index (χ2v) is 6.62. The van der Waals surface area contributed by atoms with Gasteiger partial charge in [0.25, 0.3) is 0 Å². The number of amides is 1. The fraction of sp³-hybridized carbons (Fsp3) is 0.133. The molecular formula is C15H11F2N3O2S2. The molecule has 2 heterocycles. The fourth-order valence-electron chi connectivity index (χ4n) is 2.02.